The minimum Gasteiger partial charge on any atom is -0.497 e. The molecule has 0 radical (unpaired) electrons. The SMILES string of the molecule is COc1ccc([C@@H](NC(=O)N2CCOCC2)c2nccn2C)cc1. The van der Waals surface area contributed by atoms with Crippen molar-refractivity contribution in [3.05, 3.63) is 48.0 Å². The van der Waals surface area contributed by atoms with Crippen molar-refractivity contribution >= 4 is 6.03 Å². The summed E-state index contributed by atoms with van der Waals surface area (Å²) in [5.74, 6) is 1.55. The number of aryl methyl sites for hydroxylation is 1. The maximum Gasteiger partial charge on any atom is 0.318 e. The molecule has 1 fully saturated rings. The van der Waals surface area contributed by atoms with Crippen LogP contribution in [-0.2, 0) is 11.8 Å². The molecule has 1 aromatic heterocycles. The molecule has 7 heteroatoms. The lowest BCUT2D eigenvalue weighted by atomic mass is 10.1. The van der Waals surface area contributed by atoms with E-state index in [1.165, 1.54) is 0 Å². The quantitative estimate of drug-likeness (QED) is 0.924. The number of amides is 2. The van der Waals surface area contributed by atoms with Gasteiger partial charge in [0.2, 0.25) is 0 Å². The molecule has 0 aliphatic carbocycles. The molecule has 1 saturated heterocycles. The molecular weight excluding hydrogens is 308 g/mol. The van der Waals surface area contributed by atoms with E-state index in [1.807, 2.05) is 42.1 Å². The van der Waals surface area contributed by atoms with E-state index in [0.29, 0.717) is 26.3 Å². The zero-order valence-corrected chi connectivity index (χ0v) is 13.9. The van der Waals surface area contributed by atoms with Gasteiger partial charge in [0.25, 0.3) is 0 Å². The first kappa shape index (κ1) is 16.3. The van der Waals surface area contributed by atoms with Gasteiger partial charge in [-0.3, -0.25) is 0 Å². The summed E-state index contributed by atoms with van der Waals surface area (Å²) >= 11 is 0. The summed E-state index contributed by atoms with van der Waals surface area (Å²) in [5.41, 5.74) is 0.951. The highest BCUT2D eigenvalue weighted by Crippen LogP contribution is 2.23. The molecule has 2 aromatic rings. The molecule has 1 aliphatic rings. The lowest BCUT2D eigenvalue weighted by Crippen LogP contribution is -2.47. The Kier molecular flexibility index (Phi) is 5.00. The average Bonchev–Trinajstić information content (AvgIpc) is 3.06. The molecule has 7 nitrogen and oxygen atoms in total. The van der Waals surface area contributed by atoms with E-state index in [0.717, 1.165) is 17.1 Å². The van der Waals surface area contributed by atoms with Gasteiger partial charge in [-0.25, -0.2) is 9.78 Å². The fourth-order valence-electron chi connectivity index (χ4n) is 2.73. The normalized spacial score (nSPS) is 15.8. The van der Waals surface area contributed by atoms with Crippen molar-refractivity contribution in [3.63, 3.8) is 0 Å². The molecule has 1 aromatic carbocycles. The Bertz CT molecular complexity index is 677. The third-order valence-corrected chi connectivity index (χ3v) is 4.13. The van der Waals surface area contributed by atoms with E-state index in [1.54, 1.807) is 18.2 Å². The molecule has 0 spiro atoms. The molecule has 1 N–H and O–H groups in total. The van der Waals surface area contributed by atoms with Crippen LogP contribution in [0.1, 0.15) is 17.4 Å². The third-order valence-electron chi connectivity index (χ3n) is 4.13. The topological polar surface area (TPSA) is 68.6 Å². The summed E-state index contributed by atoms with van der Waals surface area (Å²) < 4.78 is 12.4. The lowest BCUT2D eigenvalue weighted by molar-refractivity contribution is 0.0527. The second-order valence-electron chi connectivity index (χ2n) is 5.65. The number of methoxy groups -OCH3 is 1. The Balaban J connectivity index is 1.84. The van der Waals surface area contributed by atoms with Crippen LogP contribution in [0.3, 0.4) is 0 Å². The van der Waals surface area contributed by atoms with Gasteiger partial charge in [-0.05, 0) is 17.7 Å². The van der Waals surface area contributed by atoms with Crippen molar-refractivity contribution in [2.45, 2.75) is 6.04 Å². The highest BCUT2D eigenvalue weighted by molar-refractivity contribution is 5.75. The van der Waals surface area contributed by atoms with Gasteiger partial charge in [-0.2, -0.15) is 0 Å². The number of rotatable bonds is 4. The van der Waals surface area contributed by atoms with Crippen LogP contribution >= 0.6 is 0 Å². The number of hydrogen-bond acceptors (Lipinski definition) is 4. The van der Waals surface area contributed by atoms with Crippen LogP contribution in [0.15, 0.2) is 36.7 Å². The predicted octanol–water partition coefficient (Wildman–Crippen LogP) is 1.56. The van der Waals surface area contributed by atoms with Crippen molar-refractivity contribution in [1.82, 2.24) is 19.8 Å². The van der Waals surface area contributed by atoms with Gasteiger partial charge >= 0.3 is 6.03 Å². The third kappa shape index (κ3) is 3.51. The van der Waals surface area contributed by atoms with Crippen molar-refractivity contribution in [1.29, 1.82) is 0 Å². The molecule has 2 heterocycles. The van der Waals surface area contributed by atoms with E-state index in [-0.39, 0.29) is 12.1 Å². The van der Waals surface area contributed by atoms with E-state index in [4.69, 9.17) is 9.47 Å². The smallest absolute Gasteiger partial charge is 0.318 e. The van der Waals surface area contributed by atoms with Crippen molar-refractivity contribution in [2.24, 2.45) is 7.05 Å². The van der Waals surface area contributed by atoms with E-state index in [9.17, 15) is 4.79 Å². The van der Waals surface area contributed by atoms with Crippen LogP contribution in [0, 0.1) is 0 Å². The minimum absolute atomic E-state index is 0.109. The van der Waals surface area contributed by atoms with Crippen molar-refractivity contribution in [2.75, 3.05) is 33.4 Å². The number of nitrogens with one attached hydrogen (secondary N) is 1. The van der Waals surface area contributed by atoms with E-state index < -0.39 is 0 Å². The zero-order valence-electron chi connectivity index (χ0n) is 13.9. The number of ether oxygens (including phenoxy) is 2. The highest BCUT2D eigenvalue weighted by atomic mass is 16.5. The van der Waals surface area contributed by atoms with Crippen LogP contribution in [-0.4, -0.2) is 53.9 Å². The molecule has 2 amide bonds. The van der Waals surface area contributed by atoms with Gasteiger partial charge in [-0.1, -0.05) is 12.1 Å². The van der Waals surface area contributed by atoms with Crippen molar-refractivity contribution < 1.29 is 14.3 Å². The second-order valence-corrected chi connectivity index (χ2v) is 5.65. The first-order valence-corrected chi connectivity index (χ1v) is 7.93. The Morgan fingerprint density at radius 3 is 2.58 bits per heavy atom. The fourth-order valence-corrected chi connectivity index (χ4v) is 2.73. The average molecular weight is 330 g/mol. The molecule has 24 heavy (non-hydrogen) atoms. The summed E-state index contributed by atoms with van der Waals surface area (Å²) in [4.78, 5) is 18.8. The summed E-state index contributed by atoms with van der Waals surface area (Å²) in [7, 11) is 3.55. The van der Waals surface area contributed by atoms with E-state index in [2.05, 4.69) is 10.3 Å². The first-order valence-electron chi connectivity index (χ1n) is 7.93. The molecule has 1 atom stereocenters. The molecule has 1 aliphatic heterocycles. The zero-order chi connectivity index (χ0) is 16.9. The number of aromatic nitrogens is 2. The number of urea groups is 1. The van der Waals surface area contributed by atoms with Crippen molar-refractivity contribution in [3.8, 4) is 5.75 Å². The number of carbonyl (C=O) groups is 1. The van der Waals surface area contributed by atoms with Gasteiger partial charge in [0, 0.05) is 32.5 Å². The number of carbonyl (C=O) groups excluding carboxylic acids is 1. The molecule has 0 bridgehead atoms. The Morgan fingerprint density at radius 1 is 1.29 bits per heavy atom. The number of nitrogens with zero attached hydrogens (tertiary/aromatic N) is 3. The van der Waals surface area contributed by atoms with Crippen LogP contribution in [0.25, 0.3) is 0 Å². The molecule has 0 unspecified atom stereocenters. The Labute approximate surface area is 141 Å². The standard InChI is InChI=1S/C17H22N4O3/c1-20-8-7-18-16(20)15(13-3-5-14(23-2)6-4-13)19-17(22)21-9-11-24-12-10-21/h3-8,15H,9-12H2,1-2H3,(H,19,22)/t15-/m1/s1. The fraction of sp³-hybridized carbons (Fsp3) is 0.412. The minimum atomic E-state index is -0.328. The maximum absolute atomic E-state index is 12.6. The molecular formula is C17H22N4O3. The summed E-state index contributed by atoms with van der Waals surface area (Å²) in [6, 6.07) is 7.21. The molecule has 0 saturated carbocycles. The number of imidazole rings is 1. The van der Waals surface area contributed by atoms with Crippen LogP contribution in [0.4, 0.5) is 4.79 Å². The van der Waals surface area contributed by atoms with Gasteiger partial charge in [0.15, 0.2) is 0 Å². The number of benzene rings is 1. The number of morpholine rings is 1. The van der Waals surface area contributed by atoms with Gasteiger partial charge < -0.3 is 24.3 Å². The van der Waals surface area contributed by atoms with Crippen LogP contribution in [0.2, 0.25) is 0 Å². The summed E-state index contributed by atoms with van der Waals surface area (Å²) in [5, 5.41) is 3.09. The molecule has 128 valence electrons. The lowest BCUT2D eigenvalue weighted by Gasteiger charge is -2.29. The second kappa shape index (κ2) is 7.35. The van der Waals surface area contributed by atoms with Gasteiger partial charge in [-0.15, -0.1) is 0 Å². The summed E-state index contributed by atoms with van der Waals surface area (Å²) in [6.45, 7) is 2.34. The molecule has 3 rings (SSSR count). The predicted molar refractivity (Wildman–Crippen MR) is 89.0 cm³/mol. The van der Waals surface area contributed by atoms with E-state index >= 15 is 0 Å². The Morgan fingerprint density at radius 2 is 2.00 bits per heavy atom. The number of hydrogen-bond donors (Lipinski definition) is 1. The monoisotopic (exact) mass is 330 g/mol. The highest BCUT2D eigenvalue weighted by Gasteiger charge is 2.24. The van der Waals surface area contributed by atoms with Crippen LogP contribution < -0.4 is 10.1 Å². The maximum atomic E-state index is 12.6. The first-order chi connectivity index (χ1) is 11.7. The van der Waals surface area contributed by atoms with Gasteiger partial charge in [0.1, 0.15) is 17.6 Å². The van der Waals surface area contributed by atoms with Crippen LogP contribution in [0.5, 0.6) is 5.75 Å². The largest absolute Gasteiger partial charge is 0.497 e. The van der Waals surface area contributed by atoms with Gasteiger partial charge in [0.05, 0.1) is 20.3 Å². The summed E-state index contributed by atoms with van der Waals surface area (Å²) in [6.07, 6.45) is 3.60. The Hall–Kier alpha value is -2.54.